The molecule has 0 aromatic rings. The Morgan fingerprint density at radius 2 is 1.79 bits per heavy atom. The van der Waals surface area contributed by atoms with E-state index in [-0.39, 0.29) is 4.49 Å². The van der Waals surface area contributed by atoms with Gasteiger partial charge in [-0.05, 0) is 0 Å². The van der Waals surface area contributed by atoms with Crippen molar-refractivity contribution in [3.05, 3.63) is 10.6 Å². The Morgan fingerprint density at radius 1 is 1.21 bits per heavy atom. The molecule has 0 aromatic heterocycles. The maximum Gasteiger partial charge on any atom is 0.294 e. The molecule has 1 fully saturated rings. The van der Waals surface area contributed by atoms with Crippen LogP contribution in [-0.4, -0.2) is 42.9 Å². The Labute approximate surface area is 91.4 Å². The molecular weight excluding hydrogens is 229 g/mol. The van der Waals surface area contributed by atoms with Crippen LogP contribution in [0.2, 0.25) is 0 Å². The van der Waals surface area contributed by atoms with Crippen LogP contribution in [0.1, 0.15) is 0 Å². The molecule has 0 saturated carbocycles. The van der Waals surface area contributed by atoms with E-state index in [4.69, 9.17) is 27.9 Å². The van der Waals surface area contributed by atoms with Gasteiger partial charge in [0, 0.05) is 19.2 Å². The van der Waals surface area contributed by atoms with E-state index in [1.54, 1.807) is 0 Å². The van der Waals surface area contributed by atoms with Crippen LogP contribution in [0.15, 0.2) is 10.6 Å². The van der Waals surface area contributed by atoms with Crippen molar-refractivity contribution in [2.75, 3.05) is 26.3 Å². The third-order valence-corrected chi connectivity index (χ3v) is 1.97. The fourth-order valence-electron chi connectivity index (χ4n) is 1.08. The van der Waals surface area contributed by atoms with Gasteiger partial charge in [-0.15, -0.1) is 0 Å². The van der Waals surface area contributed by atoms with Crippen LogP contribution >= 0.6 is 23.2 Å². The molecule has 0 atom stereocenters. The van der Waals surface area contributed by atoms with Gasteiger partial charge in [0.05, 0.1) is 13.2 Å². The molecule has 0 aromatic carbocycles. The summed E-state index contributed by atoms with van der Waals surface area (Å²) in [6, 6.07) is 0. The molecule has 4 nitrogen and oxygen atoms in total. The molecule has 1 saturated heterocycles. The molecule has 0 spiro atoms. The SMILES string of the molecule is O=C(C=C(Cl)Cl)C(=O)N1CCOCC1. The lowest BCUT2D eigenvalue weighted by Gasteiger charge is -2.25. The van der Waals surface area contributed by atoms with E-state index in [2.05, 4.69) is 0 Å². The second-order valence-electron chi connectivity index (χ2n) is 2.70. The summed E-state index contributed by atoms with van der Waals surface area (Å²) < 4.78 is 4.83. The lowest BCUT2D eigenvalue weighted by atomic mass is 10.3. The van der Waals surface area contributed by atoms with E-state index in [1.165, 1.54) is 4.90 Å². The summed E-state index contributed by atoms with van der Waals surface area (Å²) in [5.74, 6) is -1.29. The number of hydrogen-bond donors (Lipinski definition) is 0. The molecule has 6 heteroatoms. The van der Waals surface area contributed by atoms with Crippen molar-refractivity contribution in [2.24, 2.45) is 0 Å². The van der Waals surface area contributed by atoms with Crippen LogP contribution in [-0.2, 0) is 14.3 Å². The quantitative estimate of drug-likeness (QED) is 0.526. The predicted molar refractivity (Wildman–Crippen MR) is 52.2 cm³/mol. The minimum absolute atomic E-state index is 0.211. The van der Waals surface area contributed by atoms with Gasteiger partial charge in [-0.25, -0.2) is 0 Å². The van der Waals surface area contributed by atoms with Gasteiger partial charge in [0.15, 0.2) is 0 Å². The summed E-state index contributed by atoms with van der Waals surface area (Å²) in [4.78, 5) is 24.0. The van der Waals surface area contributed by atoms with Crippen LogP contribution in [0.4, 0.5) is 0 Å². The lowest BCUT2D eigenvalue weighted by Crippen LogP contribution is -2.43. The zero-order chi connectivity index (χ0) is 10.6. The van der Waals surface area contributed by atoms with Gasteiger partial charge in [-0.3, -0.25) is 9.59 Å². The van der Waals surface area contributed by atoms with Gasteiger partial charge >= 0.3 is 0 Å². The highest BCUT2D eigenvalue weighted by molar-refractivity contribution is 6.58. The first-order chi connectivity index (χ1) is 6.61. The zero-order valence-corrected chi connectivity index (χ0v) is 8.85. The van der Waals surface area contributed by atoms with Crippen molar-refractivity contribution in [3.63, 3.8) is 0 Å². The second kappa shape index (κ2) is 5.34. The Bertz CT molecular complexity index is 268. The lowest BCUT2D eigenvalue weighted by molar-refractivity contribution is -0.145. The smallest absolute Gasteiger partial charge is 0.294 e. The fourth-order valence-corrected chi connectivity index (χ4v) is 1.28. The summed E-state index contributed by atoms with van der Waals surface area (Å²) in [6.07, 6.45) is 0.904. The molecule has 1 aliphatic rings. The molecule has 0 N–H and O–H groups in total. The molecule has 0 aliphatic carbocycles. The molecule has 14 heavy (non-hydrogen) atoms. The standard InChI is InChI=1S/C8H9Cl2NO3/c9-7(10)5-6(12)8(13)11-1-3-14-4-2-11/h5H,1-4H2. The van der Waals surface area contributed by atoms with Crippen LogP contribution in [0, 0.1) is 0 Å². The molecule has 0 unspecified atom stereocenters. The van der Waals surface area contributed by atoms with Gasteiger partial charge in [-0.2, -0.15) is 0 Å². The first kappa shape index (κ1) is 11.5. The number of ketones is 1. The van der Waals surface area contributed by atoms with E-state index in [9.17, 15) is 9.59 Å². The Kier molecular flexibility index (Phi) is 4.38. The summed E-state index contributed by atoms with van der Waals surface area (Å²) >= 11 is 10.5. The van der Waals surface area contributed by atoms with E-state index in [0.717, 1.165) is 6.08 Å². The van der Waals surface area contributed by atoms with Crippen LogP contribution in [0.5, 0.6) is 0 Å². The first-order valence-electron chi connectivity index (χ1n) is 4.05. The summed E-state index contributed by atoms with van der Waals surface area (Å²) in [6.45, 7) is 1.77. The number of ether oxygens (including phenoxy) is 1. The third-order valence-electron chi connectivity index (χ3n) is 1.75. The van der Waals surface area contributed by atoms with E-state index in [1.807, 2.05) is 0 Å². The van der Waals surface area contributed by atoms with E-state index >= 15 is 0 Å². The molecule has 1 rings (SSSR count). The van der Waals surface area contributed by atoms with Crippen molar-refractivity contribution in [1.82, 2.24) is 4.90 Å². The highest BCUT2D eigenvalue weighted by Crippen LogP contribution is 2.07. The average molecular weight is 238 g/mol. The largest absolute Gasteiger partial charge is 0.378 e. The number of halogens is 2. The minimum atomic E-state index is -0.702. The number of carbonyl (C=O) groups is 2. The van der Waals surface area contributed by atoms with Crippen molar-refractivity contribution >= 4 is 34.9 Å². The maximum absolute atomic E-state index is 11.4. The fraction of sp³-hybridized carbons (Fsp3) is 0.500. The topological polar surface area (TPSA) is 46.6 Å². The number of carbonyl (C=O) groups excluding carboxylic acids is 2. The number of hydrogen-bond acceptors (Lipinski definition) is 3. The van der Waals surface area contributed by atoms with Gasteiger partial charge in [0.1, 0.15) is 4.49 Å². The molecule has 0 bridgehead atoms. The Balaban J connectivity index is 2.55. The van der Waals surface area contributed by atoms with Crippen molar-refractivity contribution < 1.29 is 14.3 Å². The van der Waals surface area contributed by atoms with Gasteiger partial charge < -0.3 is 9.64 Å². The average Bonchev–Trinajstić information content (AvgIpc) is 2.17. The Morgan fingerprint density at radius 3 is 2.29 bits per heavy atom. The monoisotopic (exact) mass is 237 g/mol. The van der Waals surface area contributed by atoms with Crippen molar-refractivity contribution in [3.8, 4) is 0 Å². The summed E-state index contributed by atoms with van der Waals surface area (Å²) in [7, 11) is 0. The Hall–Kier alpha value is -0.580. The van der Waals surface area contributed by atoms with Crippen LogP contribution in [0.3, 0.4) is 0 Å². The third kappa shape index (κ3) is 3.29. The molecule has 1 amide bonds. The first-order valence-corrected chi connectivity index (χ1v) is 4.80. The van der Waals surface area contributed by atoms with Crippen molar-refractivity contribution in [1.29, 1.82) is 0 Å². The van der Waals surface area contributed by atoms with E-state index < -0.39 is 11.7 Å². The number of nitrogens with zero attached hydrogens (tertiary/aromatic N) is 1. The maximum atomic E-state index is 11.4. The van der Waals surface area contributed by atoms with Gasteiger partial charge in [0.2, 0.25) is 5.78 Å². The highest BCUT2D eigenvalue weighted by atomic mass is 35.5. The van der Waals surface area contributed by atoms with Crippen LogP contribution < -0.4 is 0 Å². The zero-order valence-electron chi connectivity index (χ0n) is 7.33. The van der Waals surface area contributed by atoms with Gasteiger partial charge in [0.25, 0.3) is 5.91 Å². The molecular formula is C8H9Cl2NO3. The number of morpholine rings is 1. The summed E-state index contributed by atoms with van der Waals surface area (Å²) in [5, 5.41) is 0. The predicted octanol–water partition coefficient (Wildman–Crippen LogP) is 0.733. The molecule has 1 heterocycles. The molecule has 78 valence electrons. The molecule has 1 aliphatic heterocycles. The van der Waals surface area contributed by atoms with Gasteiger partial charge in [-0.1, -0.05) is 23.2 Å². The summed E-state index contributed by atoms with van der Waals surface area (Å²) in [5.41, 5.74) is 0. The van der Waals surface area contributed by atoms with Crippen molar-refractivity contribution in [2.45, 2.75) is 0 Å². The molecule has 0 radical (unpaired) electrons. The van der Waals surface area contributed by atoms with E-state index in [0.29, 0.717) is 26.3 Å². The number of amides is 1. The normalized spacial score (nSPS) is 16.3. The number of rotatable bonds is 2. The van der Waals surface area contributed by atoms with Crippen LogP contribution in [0.25, 0.3) is 0 Å². The minimum Gasteiger partial charge on any atom is -0.378 e. The highest BCUT2D eigenvalue weighted by Gasteiger charge is 2.21. The second-order valence-corrected chi connectivity index (χ2v) is 3.71.